The molecule has 0 saturated heterocycles. The zero-order chi connectivity index (χ0) is 14.5. The molecule has 0 heterocycles. The number of carbonyl (C=O) groups is 1. The van der Waals surface area contributed by atoms with Crippen LogP contribution in [0.3, 0.4) is 0 Å². The van der Waals surface area contributed by atoms with Gasteiger partial charge < -0.3 is 4.90 Å². The Morgan fingerprint density at radius 3 is 2.60 bits per heavy atom. The van der Waals surface area contributed by atoms with Gasteiger partial charge in [0.05, 0.1) is 5.56 Å². The molecule has 0 aromatic heterocycles. The molecule has 2 rings (SSSR count). The number of hydrogen-bond donors (Lipinski definition) is 0. The van der Waals surface area contributed by atoms with E-state index >= 15 is 0 Å². The summed E-state index contributed by atoms with van der Waals surface area (Å²) in [4.78, 5) is 13.9. The summed E-state index contributed by atoms with van der Waals surface area (Å²) in [5.41, 5.74) is 1.01. The summed E-state index contributed by atoms with van der Waals surface area (Å²) in [6, 6.07) is 13.3. The van der Waals surface area contributed by atoms with E-state index in [0.29, 0.717) is 18.1 Å². The zero-order valence-electron chi connectivity index (χ0n) is 11.1. The monoisotopic (exact) mass is 291 g/mol. The van der Waals surface area contributed by atoms with Crippen LogP contribution in [-0.2, 0) is 6.54 Å². The minimum atomic E-state index is -0.498. The van der Waals surface area contributed by atoms with Gasteiger partial charge in [0.25, 0.3) is 5.91 Å². The molecule has 0 spiro atoms. The molecular weight excluding hydrogens is 277 g/mol. The molecule has 0 bridgehead atoms. The van der Waals surface area contributed by atoms with E-state index in [1.165, 1.54) is 12.1 Å². The minimum absolute atomic E-state index is 0.0939. The van der Waals surface area contributed by atoms with Crippen molar-refractivity contribution in [2.24, 2.45) is 0 Å². The Bertz CT molecular complexity index is 615. The first kappa shape index (κ1) is 14.5. The Hall–Kier alpha value is -1.87. The van der Waals surface area contributed by atoms with E-state index in [0.717, 1.165) is 5.56 Å². The Balaban J connectivity index is 2.20. The van der Waals surface area contributed by atoms with Crippen LogP contribution in [0, 0.1) is 5.82 Å². The van der Waals surface area contributed by atoms with Crippen LogP contribution < -0.4 is 0 Å². The van der Waals surface area contributed by atoms with Gasteiger partial charge in [0.15, 0.2) is 0 Å². The van der Waals surface area contributed by atoms with Crippen molar-refractivity contribution >= 4 is 17.5 Å². The van der Waals surface area contributed by atoms with Crippen molar-refractivity contribution in [3.8, 4) is 0 Å². The number of nitrogens with zero attached hydrogens (tertiary/aromatic N) is 1. The first-order valence-corrected chi connectivity index (χ1v) is 6.78. The lowest BCUT2D eigenvalue weighted by atomic mass is 10.1. The summed E-state index contributed by atoms with van der Waals surface area (Å²) in [6.07, 6.45) is 0. The van der Waals surface area contributed by atoms with Crippen molar-refractivity contribution in [2.45, 2.75) is 13.5 Å². The molecule has 0 atom stereocenters. The number of hydrogen-bond acceptors (Lipinski definition) is 1. The molecule has 0 aliphatic rings. The summed E-state index contributed by atoms with van der Waals surface area (Å²) in [6.45, 7) is 2.77. The SMILES string of the molecule is CCN(Cc1cccc(Cl)c1)C(=O)c1ccccc1F. The van der Waals surface area contributed by atoms with E-state index in [2.05, 4.69) is 0 Å². The molecule has 20 heavy (non-hydrogen) atoms. The standard InChI is InChI=1S/C16H15ClFNO/c1-2-19(11-12-6-5-7-13(17)10-12)16(20)14-8-3-4-9-15(14)18/h3-10H,2,11H2,1H3. The highest BCUT2D eigenvalue weighted by molar-refractivity contribution is 6.30. The molecule has 0 fully saturated rings. The summed E-state index contributed by atoms with van der Waals surface area (Å²) in [5, 5.41) is 0.622. The molecule has 0 N–H and O–H groups in total. The summed E-state index contributed by atoms with van der Waals surface area (Å²) >= 11 is 5.93. The molecular formula is C16H15ClFNO. The third-order valence-corrected chi connectivity index (χ3v) is 3.27. The van der Waals surface area contributed by atoms with Gasteiger partial charge in [-0.25, -0.2) is 4.39 Å². The Labute approximate surface area is 122 Å². The maximum atomic E-state index is 13.7. The van der Waals surface area contributed by atoms with Crippen molar-refractivity contribution in [1.82, 2.24) is 4.90 Å². The molecule has 2 aromatic rings. The first-order chi connectivity index (χ1) is 9.61. The fourth-order valence-corrected chi connectivity index (χ4v) is 2.20. The maximum Gasteiger partial charge on any atom is 0.257 e. The lowest BCUT2D eigenvalue weighted by molar-refractivity contribution is 0.0748. The van der Waals surface area contributed by atoms with Crippen LogP contribution >= 0.6 is 11.6 Å². The number of carbonyl (C=O) groups excluding carboxylic acids is 1. The number of rotatable bonds is 4. The van der Waals surface area contributed by atoms with Gasteiger partial charge in [-0.15, -0.1) is 0 Å². The normalized spacial score (nSPS) is 10.3. The first-order valence-electron chi connectivity index (χ1n) is 6.40. The summed E-state index contributed by atoms with van der Waals surface area (Å²) in [7, 11) is 0. The van der Waals surface area contributed by atoms with Crippen LogP contribution in [0.2, 0.25) is 5.02 Å². The Morgan fingerprint density at radius 2 is 1.95 bits per heavy atom. The van der Waals surface area contributed by atoms with Crippen molar-refractivity contribution in [3.05, 3.63) is 70.5 Å². The molecule has 2 aromatic carbocycles. The molecule has 2 nitrogen and oxygen atoms in total. The van der Waals surface area contributed by atoms with Crippen LogP contribution in [0.5, 0.6) is 0 Å². The van der Waals surface area contributed by atoms with Crippen molar-refractivity contribution in [2.75, 3.05) is 6.54 Å². The van der Waals surface area contributed by atoms with Gasteiger partial charge in [0, 0.05) is 18.1 Å². The quantitative estimate of drug-likeness (QED) is 0.829. The average Bonchev–Trinajstić information content (AvgIpc) is 2.44. The second-order valence-electron chi connectivity index (χ2n) is 4.43. The predicted molar refractivity (Wildman–Crippen MR) is 78.3 cm³/mol. The number of benzene rings is 2. The van der Waals surface area contributed by atoms with Crippen LogP contribution in [0.25, 0.3) is 0 Å². The molecule has 0 saturated carbocycles. The topological polar surface area (TPSA) is 20.3 Å². The molecule has 4 heteroatoms. The van der Waals surface area contributed by atoms with Crippen molar-refractivity contribution < 1.29 is 9.18 Å². The van der Waals surface area contributed by atoms with E-state index in [4.69, 9.17) is 11.6 Å². The zero-order valence-corrected chi connectivity index (χ0v) is 11.9. The van der Waals surface area contributed by atoms with E-state index in [9.17, 15) is 9.18 Å². The van der Waals surface area contributed by atoms with Gasteiger partial charge in [-0.05, 0) is 36.8 Å². The van der Waals surface area contributed by atoms with E-state index in [1.54, 1.807) is 29.2 Å². The fraction of sp³-hybridized carbons (Fsp3) is 0.188. The minimum Gasteiger partial charge on any atom is -0.335 e. The lowest BCUT2D eigenvalue weighted by Crippen LogP contribution is -2.30. The summed E-state index contributed by atoms with van der Waals surface area (Å²) in [5.74, 6) is -0.812. The molecule has 104 valence electrons. The van der Waals surface area contributed by atoms with Gasteiger partial charge in [-0.3, -0.25) is 4.79 Å². The van der Waals surface area contributed by atoms with Gasteiger partial charge in [0.1, 0.15) is 5.82 Å². The van der Waals surface area contributed by atoms with Crippen LogP contribution in [0.1, 0.15) is 22.8 Å². The highest BCUT2D eigenvalue weighted by Gasteiger charge is 2.17. The largest absolute Gasteiger partial charge is 0.335 e. The molecule has 0 aliphatic carbocycles. The fourth-order valence-electron chi connectivity index (χ4n) is 1.99. The van der Waals surface area contributed by atoms with Crippen LogP contribution in [0.4, 0.5) is 4.39 Å². The van der Waals surface area contributed by atoms with E-state index in [1.807, 2.05) is 19.1 Å². The Kier molecular flexibility index (Phi) is 4.74. The molecule has 0 aliphatic heterocycles. The second-order valence-corrected chi connectivity index (χ2v) is 4.87. The van der Waals surface area contributed by atoms with Gasteiger partial charge >= 0.3 is 0 Å². The third kappa shape index (κ3) is 3.36. The van der Waals surface area contributed by atoms with E-state index < -0.39 is 5.82 Å². The highest BCUT2D eigenvalue weighted by Crippen LogP contribution is 2.15. The van der Waals surface area contributed by atoms with Gasteiger partial charge in [0.2, 0.25) is 0 Å². The third-order valence-electron chi connectivity index (χ3n) is 3.04. The number of amides is 1. The van der Waals surface area contributed by atoms with Gasteiger partial charge in [-0.2, -0.15) is 0 Å². The Morgan fingerprint density at radius 1 is 1.20 bits per heavy atom. The van der Waals surface area contributed by atoms with Crippen LogP contribution in [-0.4, -0.2) is 17.4 Å². The lowest BCUT2D eigenvalue weighted by Gasteiger charge is -2.21. The van der Waals surface area contributed by atoms with Crippen molar-refractivity contribution in [1.29, 1.82) is 0 Å². The summed E-state index contributed by atoms with van der Waals surface area (Å²) < 4.78 is 13.7. The second kappa shape index (κ2) is 6.53. The maximum absolute atomic E-state index is 13.7. The predicted octanol–water partition coefficient (Wildman–Crippen LogP) is 4.14. The van der Waals surface area contributed by atoms with E-state index in [-0.39, 0.29) is 11.5 Å². The molecule has 0 radical (unpaired) electrons. The van der Waals surface area contributed by atoms with Crippen LogP contribution in [0.15, 0.2) is 48.5 Å². The molecule has 1 amide bonds. The average molecular weight is 292 g/mol. The number of halogens is 2. The smallest absolute Gasteiger partial charge is 0.257 e. The molecule has 0 unspecified atom stereocenters. The highest BCUT2D eigenvalue weighted by atomic mass is 35.5. The van der Waals surface area contributed by atoms with Crippen molar-refractivity contribution in [3.63, 3.8) is 0 Å². The van der Waals surface area contributed by atoms with Gasteiger partial charge in [-0.1, -0.05) is 35.9 Å².